The van der Waals surface area contributed by atoms with Gasteiger partial charge in [-0.3, -0.25) is 0 Å². The highest BCUT2D eigenvalue weighted by Gasteiger charge is 2.20. The lowest BCUT2D eigenvalue weighted by Gasteiger charge is -2.06. The molecule has 0 bridgehead atoms. The maximum atomic E-state index is 9.12. The number of aromatic nitrogens is 4. The van der Waals surface area contributed by atoms with Crippen LogP contribution in [-0.4, -0.2) is 19.9 Å². The smallest absolute Gasteiger partial charge is 0.199 e. The van der Waals surface area contributed by atoms with E-state index in [-0.39, 0.29) is 12.4 Å². The molecule has 22 heavy (non-hydrogen) atoms. The van der Waals surface area contributed by atoms with Crippen molar-refractivity contribution in [3.05, 3.63) is 23.3 Å². The molecule has 0 aliphatic rings. The van der Waals surface area contributed by atoms with Crippen LogP contribution in [0.4, 0.5) is 5.82 Å². The average molecular weight is 520 g/mol. The van der Waals surface area contributed by atoms with Crippen LogP contribution in [0, 0.1) is 11.3 Å². The van der Waals surface area contributed by atoms with Crippen molar-refractivity contribution in [2.45, 2.75) is 15.4 Å². The van der Waals surface area contributed by atoms with Gasteiger partial charge in [-0.15, -0.1) is 0 Å². The standard InChI is InChI=1S/C13H10I2N6O/c14-5-7-3-9-10(4-8(7)6-15)21(2-1-16)13(18-9)11-12(17)20-22-19-11/h3-4H,2,5-6H2,(H2,17,20). The number of nitriles is 1. The summed E-state index contributed by atoms with van der Waals surface area (Å²) < 4.78 is 8.24. The number of nitrogen functional groups attached to an aromatic ring is 1. The minimum atomic E-state index is 0.155. The Hall–Kier alpha value is -1.42. The summed E-state index contributed by atoms with van der Waals surface area (Å²) in [5.74, 6) is 0.665. The number of hydrogen-bond acceptors (Lipinski definition) is 6. The number of hydrogen-bond donors (Lipinski definition) is 1. The molecule has 2 aromatic heterocycles. The molecule has 7 nitrogen and oxygen atoms in total. The summed E-state index contributed by atoms with van der Waals surface area (Å²) in [4.78, 5) is 4.58. The third-order valence-electron chi connectivity index (χ3n) is 3.31. The summed E-state index contributed by atoms with van der Waals surface area (Å²) in [5.41, 5.74) is 10.3. The molecule has 0 aliphatic heterocycles. The van der Waals surface area contributed by atoms with Crippen molar-refractivity contribution in [1.82, 2.24) is 19.9 Å². The topological polar surface area (TPSA) is 107 Å². The molecule has 9 heteroatoms. The lowest BCUT2D eigenvalue weighted by molar-refractivity contribution is 0.310. The van der Waals surface area contributed by atoms with E-state index in [1.54, 1.807) is 4.57 Å². The molecule has 2 heterocycles. The maximum absolute atomic E-state index is 9.12. The number of rotatable bonds is 4. The largest absolute Gasteiger partial charge is 0.379 e. The minimum Gasteiger partial charge on any atom is -0.379 e. The number of alkyl halides is 2. The zero-order chi connectivity index (χ0) is 15.7. The molecule has 0 aliphatic carbocycles. The molecule has 2 N–H and O–H groups in total. The fourth-order valence-corrected chi connectivity index (χ4v) is 3.69. The van der Waals surface area contributed by atoms with Crippen LogP contribution in [0.15, 0.2) is 16.8 Å². The average Bonchev–Trinajstić information content (AvgIpc) is 3.09. The molecule has 0 saturated heterocycles. The van der Waals surface area contributed by atoms with Crippen molar-refractivity contribution in [1.29, 1.82) is 5.26 Å². The summed E-state index contributed by atoms with van der Waals surface area (Å²) >= 11 is 4.67. The van der Waals surface area contributed by atoms with Gasteiger partial charge in [0.05, 0.1) is 17.1 Å². The number of fused-ring (bicyclic) bond motifs is 1. The quantitative estimate of drug-likeness (QED) is 0.419. The highest BCUT2D eigenvalue weighted by atomic mass is 127. The summed E-state index contributed by atoms with van der Waals surface area (Å²) in [6.45, 7) is 0.155. The van der Waals surface area contributed by atoms with Crippen LogP contribution in [-0.2, 0) is 15.4 Å². The predicted octanol–water partition coefficient (Wildman–Crippen LogP) is 3.06. The van der Waals surface area contributed by atoms with E-state index in [1.807, 2.05) is 0 Å². The lowest BCUT2D eigenvalue weighted by atomic mass is 10.1. The van der Waals surface area contributed by atoms with Gasteiger partial charge in [-0.25, -0.2) is 9.61 Å². The molecule has 0 radical (unpaired) electrons. The number of anilines is 1. The lowest BCUT2D eigenvalue weighted by Crippen LogP contribution is -2.01. The first-order valence-electron chi connectivity index (χ1n) is 6.29. The van der Waals surface area contributed by atoms with Crippen LogP contribution < -0.4 is 5.73 Å². The normalized spacial score (nSPS) is 11.0. The number of benzene rings is 1. The van der Waals surface area contributed by atoms with Crippen molar-refractivity contribution < 1.29 is 4.63 Å². The third kappa shape index (κ3) is 2.54. The second kappa shape index (κ2) is 6.37. The molecule has 0 saturated carbocycles. The number of imidazole rings is 1. The predicted molar refractivity (Wildman–Crippen MR) is 98.5 cm³/mol. The zero-order valence-electron chi connectivity index (χ0n) is 11.3. The van der Waals surface area contributed by atoms with Gasteiger partial charge in [0.1, 0.15) is 6.54 Å². The van der Waals surface area contributed by atoms with E-state index in [0.717, 1.165) is 19.9 Å². The summed E-state index contributed by atoms with van der Waals surface area (Å²) in [5, 5.41) is 16.5. The highest BCUT2D eigenvalue weighted by Crippen LogP contribution is 2.30. The first kappa shape index (κ1) is 15.5. The van der Waals surface area contributed by atoms with E-state index in [2.05, 4.69) is 83.3 Å². The van der Waals surface area contributed by atoms with E-state index in [9.17, 15) is 0 Å². The highest BCUT2D eigenvalue weighted by molar-refractivity contribution is 14.1. The van der Waals surface area contributed by atoms with Gasteiger partial charge in [-0.05, 0) is 33.6 Å². The second-order valence-corrected chi connectivity index (χ2v) is 6.08. The summed E-state index contributed by atoms with van der Waals surface area (Å²) in [6.07, 6.45) is 0. The molecule has 0 spiro atoms. The number of nitrogens with two attached hydrogens (primary N) is 1. The second-order valence-electron chi connectivity index (χ2n) is 4.55. The molecular weight excluding hydrogens is 510 g/mol. The van der Waals surface area contributed by atoms with Gasteiger partial charge in [-0.1, -0.05) is 45.2 Å². The first-order valence-corrected chi connectivity index (χ1v) is 9.34. The van der Waals surface area contributed by atoms with Gasteiger partial charge in [0, 0.05) is 8.86 Å². The number of halogens is 2. The van der Waals surface area contributed by atoms with Crippen LogP contribution in [0.3, 0.4) is 0 Å². The third-order valence-corrected chi connectivity index (χ3v) is 4.96. The van der Waals surface area contributed by atoms with Gasteiger partial charge in [-0.2, -0.15) is 5.26 Å². The molecule has 3 aromatic rings. The molecule has 3 rings (SSSR count). The Kier molecular flexibility index (Phi) is 4.48. The zero-order valence-corrected chi connectivity index (χ0v) is 15.6. The van der Waals surface area contributed by atoms with Crippen molar-refractivity contribution in [3.63, 3.8) is 0 Å². The maximum Gasteiger partial charge on any atom is 0.199 e. The van der Waals surface area contributed by atoms with Gasteiger partial charge in [0.15, 0.2) is 17.3 Å². The van der Waals surface area contributed by atoms with Crippen molar-refractivity contribution in [2.75, 3.05) is 5.73 Å². The van der Waals surface area contributed by atoms with E-state index in [4.69, 9.17) is 11.0 Å². The van der Waals surface area contributed by atoms with Crippen LogP contribution in [0.2, 0.25) is 0 Å². The van der Waals surface area contributed by atoms with Gasteiger partial charge >= 0.3 is 0 Å². The van der Waals surface area contributed by atoms with E-state index >= 15 is 0 Å². The Morgan fingerprint density at radius 3 is 2.55 bits per heavy atom. The van der Waals surface area contributed by atoms with Crippen molar-refractivity contribution in [3.8, 4) is 17.6 Å². The fourth-order valence-electron chi connectivity index (χ4n) is 2.27. The van der Waals surface area contributed by atoms with Crippen molar-refractivity contribution >= 4 is 62.0 Å². The van der Waals surface area contributed by atoms with Crippen LogP contribution in [0.1, 0.15) is 11.1 Å². The molecule has 112 valence electrons. The molecule has 0 atom stereocenters. The minimum absolute atomic E-state index is 0.155. The van der Waals surface area contributed by atoms with E-state index in [1.165, 1.54) is 11.1 Å². The van der Waals surface area contributed by atoms with Gasteiger partial charge < -0.3 is 10.3 Å². The van der Waals surface area contributed by atoms with Crippen LogP contribution >= 0.6 is 45.2 Å². The van der Waals surface area contributed by atoms with E-state index < -0.39 is 0 Å². The van der Waals surface area contributed by atoms with E-state index in [0.29, 0.717) is 11.5 Å². The van der Waals surface area contributed by atoms with Gasteiger partial charge in [0.25, 0.3) is 0 Å². The van der Waals surface area contributed by atoms with Crippen LogP contribution in [0.25, 0.3) is 22.6 Å². The Morgan fingerprint density at radius 2 is 1.95 bits per heavy atom. The number of nitrogens with zero attached hydrogens (tertiary/aromatic N) is 5. The Bertz CT molecular complexity index is 879. The SMILES string of the molecule is N#CCn1c(-c2nonc2N)nc2cc(CI)c(CI)cc21. The molecule has 0 fully saturated rings. The summed E-state index contributed by atoms with van der Waals surface area (Å²) in [7, 11) is 0. The molecule has 0 unspecified atom stereocenters. The summed E-state index contributed by atoms with van der Waals surface area (Å²) in [6, 6.07) is 6.28. The fraction of sp³-hybridized carbons (Fsp3) is 0.231. The Morgan fingerprint density at radius 1 is 1.23 bits per heavy atom. The first-order chi connectivity index (χ1) is 10.7. The van der Waals surface area contributed by atoms with Crippen LogP contribution in [0.5, 0.6) is 0 Å². The monoisotopic (exact) mass is 520 g/mol. The molecular formula is C13H10I2N6O. The van der Waals surface area contributed by atoms with Crippen molar-refractivity contribution in [2.24, 2.45) is 0 Å². The molecule has 0 amide bonds. The van der Waals surface area contributed by atoms with Gasteiger partial charge in [0.2, 0.25) is 0 Å². The molecule has 1 aromatic carbocycles. The Balaban J connectivity index is 2.32. The Labute approximate surface area is 153 Å².